The third-order valence-electron chi connectivity index (χ3n) is 4.97. The van der Waals surface area contributed by atoms with Gasteiger partial charge in [0.25, 0.3) is 5.56 Å². The van der Waals surface area contributed by atoms with E-state index in [-0.39, 0.29) is 22.8 Å². The van der Waals surface area contributed by atoms with Crippen molar-refractivity contribution < 1.29 is 9.53 Å². The Labute approximate surface area is 149 Å². The number of hydrogen-bond donors (Lipinski definition) is 2. The highest BCUT2D eigenvalue weighted by Gasteiger charge is 2.33. The summed E-state index contributed by atoms with van der Waals surface area (Å²) in [5.74, 6) is 1.59. The third kappa shape index (κ3) is 2.86. The van der Waals surface area contributed by atoms with Crippen LogP contribution in [0.5, 0.6) is 5.75 Å². The molecule has 1 amide bonds. The molecule has 1 aliphatic heterocycles. The van der Waals surface area contributed by atoms with Gasteiger partial charge in [0.1, 0.15) is 11.6 Å². The zero-order chi connectivity index (χ0) is 17.4. The van der Waals surface area contributed by atoms with E-state index in [9.17, 15) is 9.59 Å². The van der Waals surface area contributed by atoms with Crippen LogP contribution in [-0.2, 0) is 4.79 Å². The number of thioether (sulfide) groups is 1. The van der Waals surface area contributed by atoms with Crippen molar-refractivity contribution in [2.24, 2.45) is 0 Å². The predicted molar refractivity (Wildman–Crippen MR) is 98.5 cm³/mol. The molecule has 2 aliphatic rings. The summed E-state index contributed by atoms with van der Waals surface area (Å²) in [7, 11) is 1.62. The molecule has 1 aromatic heterocycles. The molecule has 1 aliphatic carbocycles. The average Bonchev–Trinajstić information content (AvgIpc) is 3.21. The Bertz CT molecular complexity index is 851. The standard InChI is InChI=1S/C18H21N3O3S/c1-24-13-9-5-4-8-12(13)16-15-17(19-14(22)10-25-16)21(20-18(15)23)11-6-2-3-7-11/h4-5,8-9,11,16H,2-3,6-7,10H2,1H3,(H,19,22)(H,20,23)/t16-/m0/s1. The Morgan fingerprint density at radius 3 is 2.72 bits per heavy atom. The summed E-state index contributed by atoms with van der Waals surface area (Å²) in [5.41, 5.74) is 1.40. The molecule has 6 nitrogen and oxygen atoms in total. The molecule has 0 radical (unpaired) electrons. The molecule has 0 bridgehead atoms. The van der Waals surface area contributed by atoms with Crippen LogP contribution in [0.4, 0.5) is 5.82 Å². The summed E-state index contributed by atoms with van der Waals surface area (Å²) in [6.07, 6.45) is 4.36. The lowest BCUT2D eigenvalue weighted by Gasteiger charge is -2.18. The van der Waals surface area contributed by atoms with E-state index in [2.05, 4.69) is 10.4 Å². The van der Waals surface area contributed by atoms with E-state index in [1.807, 2.05) is 28.9 Å². The maximum atomic E-state index is 12.8. The smallest absolute Gasteiger partial charge is 0.270 e. The van der Waals surface area contributed by atoms with Crippen molar-refractivity contribution in [3.8, 4) is 5.75 Å². The van der Waals surface area contributed by atoms with Gasteiger partial charge >= 0.3 is 0 Å². The van der Waals surface area contributed by atoms with E-state index < -0.39 is 0 Å². The number of benzene rings is 1. The van der Waals surface area contributed by atoms with Crippen LogP contribution in [0.15, 0.2) is 29.1 Å². The minimum atomic E-state index is -0.239. The second-order valence-corrected chi connectivity index (χ2v) is 7.59. The monoisotopic (exact) mass is 359 g/mol. The number of nitrogens with zero attached hydrogens (tertiary/aromatic N) is 1. The molecular weight excluding hydrogens is 338 g/mol. The van der Waals surface area contributed by atoms with Gasteiger partial charge in [0.05, 0.1) is 29.7 Å². The number of nitrogens with one attached hydrogen (secondary N) is 2. The highest BCUT2D eigenvalue weighted by atomic mass is 32.2. The van der Waals surface area contributed by atoms with E-state index in [4.69, 9.17) is 4.74 Å². The van der Waals surface area contributed by atoms with Crippen molar-refractivity contribution in [2.45, 2.75) is 37.0 Å². The van der Waals surface area contributed by atoms with Gasteiger partial charge in [-0.25, -0.2) is 0 Å². The Balaban J connectivity index is 1.87. The van der Waals surface area contributed by atoms with Gasteiger partial charge in [-0.2, -0.15) is 0 Å². The van der Waals surface area contributed by atoms with Gasteiger partial charge in [-0.15, -0.1) is 11.8 Å². The maximum absolute atomic E-state index is 12.8. The number of hydrogen-bond acceptors (Lipinski definition) is 4. The lowest BCUT2D eigenvalue weighted by Crippen LogP contribution is -2.18. The summed E-state index contributed by atoms with van der Waals surface area (Å²) >= 11 is 1.46. The van der Waals surface area contributed by atoms with Crippen LogP contribution >= 0.6 is 11.8 Å². The Morgan fingerprint density at radius 1 is 1.20 bits per heavy atom. The number of aromatic amines is 1. The maximum Gasteiger partial charge on any atom is 0.270 e. The molecule has 0 unspecified atom stereocenters. The molecule has 2 heterocycles. The van der Waals surface area contributed by atoms with Gasteiger partial charge in [0.15, 0.2) is 0 Å². The number of ether oxygens (including phenoxy) is 1. The van der Waals surface area contributed by atoms with Crippen LogP contribution in [0, 0.1) is 0 Å². The average molecular weight is 359 g/mol. The van der Waals surface area contributed by atoms with Crippen molar-refractivity contribution in [2.75, 3.05) is 18.2 Å². The SMILES string of the molecule is COc1ccccc1[C@@H]1SCC(=O)Nc2c1c(=O)[nH]n2C1CCCC1. The van der Waals surface area contributed by atoms with E-state index >= 15 is 0 Å². The minimum absolute atomic E-state index is 0.0746. The number of fused-ring (bicyclic) bond motifs is 1. The lowest BCUT2D eigenvalue weighted by molar-refractivity contribution is -0.113. The zero-order valence-electron chi connectivity index (χ0n) is 14.1. The summed E-state index contributed by atoms with van der Waals surface area (Å²) in [4.78, 5) is 25.1. The van der Waals surface area contributed by atoms with Gasteiger partial charge < -0.3 is 10.1 Å². The Morgan fingerprint density at radius 2 is 1.96 bits per heavy atom. The number of aromatic nitrogens is 2. The molecule has 0 saturated heterocycles. The number of amides is 1. The molecule has 132 valence electrons. The van der Waals surface area contributed by atoms with Crippen molar-refractivity contribution in [1.29, 1.82) is 0 Å². The van der Waals surface area contributed by atoms with E-state index in [0.717, 1.165) is 37.0 Å². The zero-order valence-corrected chi connectivity index (χ0v) is 14.9. The van der Waals surface area contributed by atoms with Gasteiger partial charge in [0, 0.05) is 5.56 Å². The van der Waals surface area contributed by atoms with Crippen molar-refractivity contribution in [1.82, 2.24) is 9.78 Å². The molecular formula is C18H21N3O3S. The first-order chi connectivity index (χ1) is 12.2. The van der Waals surface area contributed by atoms with Crippen molar-refractivity contribution in [3.05, 3.63) is 45.7 Å². The second-order valence-electron chi connectivity index (χ2n) is 6.49. The molecule has 1 atom stereocenters. The topological polar surface area (TPSA) is 76.1 Å². The molecule has 7 heteroatoms. The van der Waals surface area contributed by atoms with Crippen molar-refractivity contribution in [3.63, 3.8) is 0 Å². The van der Waals surface area contributed by atoms with Gasteiger partial charge in [0.2, 0.25) is 5.91 Å². The number of rotatable bonds is 3. The molecule has 1 saturated carbocycles. The molecule has 4 rings (SSSR count). The molecule has 25 heavy (non-hydrogen) atoms. The number of methoxy groups -OCH3 is 1. The normalized spacial score (nSPS) is 20.8. The molecule has 1 aromatic carbocycles. The Hall–Kier alpha value is -2.15. The molecule has 0 spiro atoms. The number of H-pyrrole nitrogens is 1. The first-order valence-corrected chi connectivity index (χ1v) is 9.62. The second kappa shape index (κ2) is 6.63. The molecule has 1 fully saturated rings. The van der Waals surface area contributed by atoms with Gasteiger partial charge in [-0.05, 0) is 18.9 Å². The van der Waals surface area contributed by atoms with Crippen molar-refractivity contribution >= 4 is 23.5 Å². The summed E-state index contributed by atoms with van der Waals surface area (Å²) in [6.45, 7) is 0. The fourth-order valence-electron chi connectivity index (χ4n) is 3.81. The van der Waals surface area contributed by atoms with Gasteiger partial charge in [-0.3, -0.25) is 19.4 Å². The quantitative estimate of drug-likeness (QED) is 0.883. The fraction of sp³-hybridized carbons (Fsp3) is 0.444. The Kier molecular flexibility index (Phi) is 4.33. The van der Waals surface area contributed by atoms with Crippen LogP contribution < -0.4 is 15.6 Å². The minimum Gasteiger partial charge on any atom is -0.496 e. The molecule has 2 N–H and O–H groups in total. The van der Waals surface area contributed by atoms with E-state index in [0.29, 0.717) is 17.1 Å². The molecule has 2 aromatic rings. The van der Waals surface area contributed by atoms with Crippen LogP contribution in [-0.4, -0.2) is 28.6 Å². The predicted octanol–water partition coefficient (Wildman–Crippen LogP) is 3.07. The van der Waals surface area contributed by atoms with Crippen LogP contribution in [0.1, 0.15) is 48.1 Å². The fourth-order valence-corrected chi connectivity index (χ4v) is 4.96. The number of carbonyl (C=O) groups excluding carboxylic acids is 1. The first-order valence-electron chi connectivity index (χ1n) is 8.58. The largest absolute Gasteiger partial charge is 0.496 e. The number of para-hydroxylation sites is 1. The van der Waals surface area contributed by atoms with Crippen LogP contribution in [0.25, 0.3) is 0 Å². The van der Waals surface area contributed by atoms with Crippen LogP contribution in [0.3, 0.4) is 0 Å². The van der Waals surface area contributed by atoms with Crippen LogP contribution in [0.2, 0.25) is 0 Å². The van der Waals surface area contributed by atoms with Gasteiger partial charge in [-0.1, -0.05) is 31.0 Å². The number of anilines is 1. The van der Waals surface area contributed by atoms with E-state index in [1.165, 1.54) is 11.8 Å². The number of carbonyl (C=O) groups is 1. The summed E-state index contributed by atoms with van der Waals surface area (Å²) < 4.78 is 7.38. The first kappa shape index (κ1) is 16.3. The summed E-state index contributed by atoms with van der Waals surface area (Å²) in [6, 6.07) is 7.93. The third-order valence-corrected chi connectivity index (χ3v) is 6.23. The van der Waals surface area contributed by atoms with E-state index in [1.54, 1.807) is 7.11 Å². The lowest BCUT2D eigenvalue weighted by atomic mass is 10.0. The summed E-state index contributed by atoms with van der Waals surface area (Å²) in [5, 5.41) is 5.69. The highest BCUT2D eigenvalue weighted by molar-refractivity contribution is 8.00. The highest BCUT2D eigenvalue weighted by Crippen LogP contribution is 2.44.